The lowest BCUT2D eigenvalue weighted by molar-refractivity contribution is -0.140. The first-order valence-electron chi connectivity index (χ1n) is 13.8. The van der Waals surface area contributed by atoms with Crippen LogP contribution < -0.4 is 9.62 Å². The van der Waals surface area contributed by atoms with Gasteiger partial charge < -0.3 is 10.2 Å². The minimum Gasteiger partial charge on any atom is -0.350 e. The minimum absolute atomic E-state index is 0.109. The van der Waals surface area contributed by atoms with Crippen LogP contribution in [0.3, 0.4) is 0 Å². The SMILES string of the molecule is CC(C)(C)NC(=O)C(Cc1ccccc1)N(Cc1ccccc1)C(=O)CN(c1ccc(C(C)(C)C)cc1)S(C)(=O)=O. The van der Waals surface area contributed by atoms with Crippen molar-refractivity contribution in [2.45, 2.75) is 71.5 Å². The van der Waals surface area contributed by atoms with E-state index in [9.17, 15) is 18.0 Å². The summed E-state index contributed by atoms with van der Waals surface area (Å²) in [6.45, 7) is 11.6. The summed E-state index contributed by atoms with van der Waals surface area (Å²) in [4.78, 5) is 29.4. The van der Waals surface area contributed by atoms with Crippen LogP contribution in [0.4, 0.5) is 5.69 Å². The van der Waals surface area contributed by atoms with E-state index in [1.54, 1.807) is 12.1 Å². The molecule has 0 heterocycles. The molecular weight excluding hydrogens is 534 g/mol. The Kier molecular flexibility index (Phi) is 10.0. The van der Waals surface area contributed by atoms with Crippen molar-refractivity contribution in [3.8, 4) is 0 Å². The zero-order valence-electron chi connectivity index (χ0n) is 25.2. The lowest BCUT2D eigenvalue weighted by Crippen LogP contribution is -2.56. The molecule has 0 aromatic heterocycles. The molecule has 0 aliphatic carbocycles. The third-order valence-corrected chi connectivity index (χ3v) is 7.81. The Morgan fingerprint density at radius 3 is 1.76 bits per heavy atom. The second-order valence-electron chi connectivity index (χ2n) is 12.5. The van der Waals surface area contributed by atoms with Gasteiger partial charge in [-0.15, -0.1) is 0 Å². The number of carbonyl (C=O) groups excluding carboxylic acids is 2. The Morgan fingerprint density at radius 1 is 0.780 bits per heavy atom. The van der Waals surface area contributed by atoms with Crippen molar-refractivity contribution in [2.24, 2.45) is 0 Å². The number of hydrogen-bond donors (Lipinski definition) is 1. The first-order valence-corrected chi connectivity index (χ1v) is 15.7. The van der Waals surface area contributed by atoms with E-state index in [4.69, 9.17) is 0 Å². The maximum Gasteiger partial charge on any atom is 0.244 e. The predicted octanol–water partition coefficient (Wildman–Crippen LogP) is 5.30. The highest BCUT2D eigenvalue weighted by Crippen LogP contribution is 2.26. The van der Waals surface area contributed by atoms with Crippen LogP contribution in [0.5, 0.6) is 0 Å². The predicted molar refractivity (Wildman–Crippen MR) is 166 cm³/mol. The highest BCUT2D eigenvalue weighted by Gasteiger charge is 2.34. The first-order chi connectivity index (χ1) is 19.0. The van der Waals surface area contributed by atoms with Gasteiger partial charge in [0.25, 0.3) is 0 Å². The van der Waals surface area contributed by atoms with Gasteiger partial charge >= 0.3 is 0 Å². The Morgan fingerprint density at radius 2 is 1.29 bits per heavy atom. The molecule has 3 aromatic carbocycles. The zero-order chi connectivity index (χ0) is 30.4. The van der Waals surface area contributed by atoms with Gasteiger partial charge in [-0.3, -0.25) is 13.9 Å². The molecule has 0 saturated heterocycles. The average molecular weight is 578 g/mol. The molecule has 0 aliphatic heterocycles. The van der Waals surface area contributed by atoms with Crippen LogP contribution in [-0.2, 0) is 38.0 Å². The smallest absolute Gasteiger partial charge is 0.244 e. The van der Waals surface area contributed by atoms with Crippen LogP contribution in [0, 0.1) is 0 Å². The normalized spacial score (nSPS) is 12.9. The molecule has 7 nitrogen and oxygen atoms in total. The second kappa shape index (κ2) is 12.9. The van der Waals surface area contributed by atoms with E-state index in [0.29, 0.717) is 5.69 Å². The van der Waals surface area contributed by atoms with E-state index < -0.39 is 34.1 Å². The van der Waals surface area contributed by atoms with Gasteiger partial charge in [-0.05, 0) is 55.0 Å². The van der Waals surface area contributed by atoms with Gasteiger partial charge in [-0.1, -0.05) is 93.6 Å². The van der Waals surface area contributed by atoms with Crippen molar-refractivity contribution in [2.75, 3.05) is 17.1 Å². The Labute approximate surface area is 245 Å². The van der Waals surface area contributed by atoms with E-state index in [1.165, 1.54) is 4.90 Å². The third kappa shape index (κ3) is 9.46. The average Bonchev–Trinajstić information content (AvgIpc) is 2.88. The molecule has 1 atom stereocenters. The molecule has 0 aliphatic rings. The molecule has 0 bridgehead atoms. The van der Waals surface area contributed by atoms with Crippen LogP contribution in [-0.4, -0.2) is 49.5 Å². The quantitative estimate of drug-likeness (QED) is 0.354. The molecule has 220 valence electrons. The van der Waals surface area contributed by atoms with Gasteiger partial charge in [-0.2, -0.15) is 0 Å². The van der Waals surface area contributed by atoms with Gasteiger partial charge in [-0.25, -0.2) is 8.42 Å². The van der Waals surface area contributed by atoms with Crippen molar-refractivity contribution in [1.29, 1.82) is 0 Å². The molecular formula is C33H43N3O4S. The molecule has 1 unspecified atom stereocenters. The van der Waals surface area contributed by atoms with Crippen LogP contribution in [0.15, 0.2) is 84.9 Å². The van der Waals surface area contributed by atoms with Crippen molar-refractivity contribution < 1.29 is 18.0 Å². The Hall–Kier alpha value is -3.65. The Bertz CT molecular complexity index is 1410. The van der Waals surface area contributed by atoms with E-state index in [1.807, 2.05) is 93.6 Å². The van der Waals surface area contributed by atoms with E-state index in [2.05, 4.69) is 26.1 Å². The summed E-state index contributed by atoms with van der Waals surface area (Å²) < 4.78 is 27.1. The van der Waals surface area contributed by atoms with Crippen molar-refractivity contribution in [3.63, 3.8) is 0 Å². The van der Waals surface area contributed by atoms with Crippen LogP contribution in [0.25, 0.3) is 0 Å². The number of nitrogens with one attached hydrogen (secondary N) is 1. The summed E-state index contributed by atoms with van der Waals surface area (Å²) in [5.41, 5.74) is 2.54. The molecule has 2 amide bonds. The molecule has 3 aromatic rings. The van der Waals surface area contributed by atoms with E-state index in [-0.39, 0.29) is 24.3 Å². The molecule has 41 heavy (non-hydrogen) atoms. The summed E-state index contributed by atoms with van der Waals surface area (Å²) >= 11 is 0. The fraction of sp³-hybridized carbons (Fsp3) is 0.394. The lowest BCUT2D eigenvalue weighted by atomic mass is 9.87. The molecule has 0 saturated carbocycles. The number of anilines is 1. The van der Waals surface area contributed by atoms with Crippen LogP contribution >= 0.6 is 0 Å². The number of nitrogens with zero attached hydrogens (tertiary/aromatic N) is 2. The Balaban J connectivity index is 2.05. The second-order valence-corrected chi connectivity index (χ2v) is 14.4. The zero-order valence-corrected chi connectivity index (χ0v) is 26.0. The van der Waals surface area contributed by atoms with E-state index >= 15 is 0 Å². The highest BCUT2D eigenvalue weighted by atomic mass is 32.2. The molecule has 8 heteroatoms. The topological polar surface area (TPSA) is 86.8 Å². The number of hydrogen-bond acceptors (Lipinski definition) is 4. The molecule has 0 fully saturated rings. The van der Waals surface area contributed by atoms with Gasteiger partial charge in [0, 0.05) is 18.5 Å². The van der Waals surface area contributed by atoms with Gasteiger partial charge in [0.05, 0.1) is 11.9 Å². The number of rotatable bonds is 10. The summed E-state index contributed by atoms with van der Waals surface area (Å²) in [6, 6.07) is 25.3. The summed E-state index contributed by atoms with van der Waals surface area (Å²) in [5.74, 6) is -0.768. The van der Waals surface area contributed by atoms with Crippen LogP contribution in [0.2, 0.25) is 0 Å². The molecule has 1 N–H and O–H groups in total. The lowest BCUT2D eigenvalue weighted by Gasteiger charge is -2.35. The molecule has 0 spiro atoms. The minimum atomic E-state index is -3.82. The molecule has 3 rings (SSSR count). The number of benzene rings is 3. The van der Waals surface area contributed by atoms with Crippen molar-refractivity contribution in [3.05, 3.63) is 102 Å². The fourth-order valence-corrected chi connectivity index (χ4v) is 5.38. The number of carbonyl (C=O) groups is 2. The summed E-state index contributed by atoms with van der Waals surface area (Å²) in [7, 11) is -3.82. The van der Waals surface area contributed by atoms with Crippen molar-refractivity contribution in [1.82, 2.24) is 10.2 Å². The number of amides is 2. The molecule has 0 radical (unpaired) electrons. The maximum absolute atomic E-state index is 14.1. The van der Waals surface area contributed by atoms with Crippen molar-refractivity contribution >= 4 is 27.5 Å². The fourth-order valence-electron chi connectivity index (χ4n) is 4.53. The third-order valence-electron chi connectivity index (χ3n) is 6.67. The highest BCUT2D eigenvalue weighted by molar-refractivity contribution is 7.92. The van der Waals surface area contributed by atoms with Gasteiger partial charge in [0.1, 0.15) is 12.6 Å². The number of sulfonamides is 1. The first kappa shape index (κ1) is 31.9. The summed E-state index contributed by atoms with van der Waals surface area (Å²) in [5, 5.41) is 3.03. The van der Waals surface area contributed by atoms with Crippen LogP contribution in [0.1, 0.15) is 58.2 Å². The monoisotopic (exact) mass is 577 g/mol. The standard InChI is InChI=1S/C33H43N3O4S/c1-32(2,3)27-18-20-28(21-19-27)36(41(7,39)40)24-30(37)35(23-26-16-12-9-13-17-26)29(31(38)34-33(4,5)6)22-25-14-10-8-11-15-25/h8-21,29H,22-24H2,1-7H3,(H,34,38). The van der Waals surface area contributed by atoms with E-state index in [0.717, 1.165) is 27.3 Å². The maximum atomic E-state index is 14.1. The summed E-state index contributed by atoms with van der Waals surface area (Å²) in [6.07, 6.45) is 1.37. The van der Waals surface area contributed by atoms with Gasteiger partial charge in [0.15, 0.2) is 0 Å². The van der Waals surface area contributed by atoms with Gasteiger partial charge in [0.2, 0.25) is 21.8 Å². The largest absolute Gasteiger partial charge is 0.350 e.